The van der Waals surface area contributed by atoms with Crippen molar-refractivity contribution in [3.63, 3.8) is 0 Å². The number of hydrogen-bond acceptors (Lipinski definition) is 3. The largest absolute Gasteiger partial charge is 0.497 e. The molecular weight excluding hydrogens is 364 g/mol. The second-order valence-corrected chi connectivity index (χ2v) is 6.92. The first-order chi connectivity index (χ1) is 14.2. The molecule has 3 aromatic carbocycles. The van der Waals surface area contributed by atoms with E-state index in [4.69, 9.17) is 9.47 Å². The van der Waals surface area contributed by atoms with Crippen LogP contribution in [0.1, 0.15) is 29.0 Å². The average molecular weight is 390 g/mol. The van der Waals surface area contributed by atoms with Gasteiger partial charge in [0.1, 0.15) is 11.5 Å². The number of ether oxygens (including phenoxy) is 2. The standard InChI is InChI=1S/C25H26O4/c1-28-22-15-14-21(17-23(25(26)27)20-12-6-3-7-13-20)24(18-22)29-16-8-11-19-9-4-2-5-10-19/h2-7,9-10,12-15,18,23H,8,11,16-17H2,1H3,(H,26,27). The molecule has 3 aromatic rings. The zero-order valence-electron chi connectivity index (χ0n) is 16.6. The van der Waals surface area contributed by atoms with Crippen molar-refractivity contribution >= 4 is 5.97 Å². The molecule has 150 valence electrons. The van der Waals surface area contributed by atoms with Gasteiger partial charge in [-0.15, -0.1) is 0 Å². The van der Waals surface area contributed by atoms with Crippen LogP contribution in [0.2, 0.25) is 0 Å². The molecule has 3 rings (SSSR count). The molecule has 1 N–H and O–H groups in total. The molecule has 1 atom stereocenters. The molecule has 0 aromatic heterocycles. The summed E-state index contributed by atoms with van der Waals surface area (Å²) in [5.74, 6) is -0.101. The summed E-state index contributed by atoms with van der Waals surface area (Å²) in [6, 6.07) is 25.2. The minimum Gasteiger partial charge on any atom is -0.497 e. The lowest BCUT2D eigenvalue weighted by molar-refractivity contribution is -0.138. The SMILES string of the molecule is COc1ccc(CC(C(=O)O)c2ccccc2)c(OCCCc2ccccc2)c1. The van der Waals surface area contributed by atoms with Gasteiger partial charge in [-0.05, 0) is 42.0 Å². The highest BCUT2D eigenvalue weighted by atomic mass is 16.5. The highest BCUT2D eigenvalue weighted by molar-refractivity contribution is 5.76. The normalized spacial score (nSPS) is 11.6. The van der Waals surface area contributed by atoms with Crippen molar-refractivity contribution in [1.29, 1.82) is 0 Å². The van der Waals surface area contributed by atoms with Crippen molar-refractivity contribution in [2.45, 2.75) is 25.2 Å². The second-order valence-electron chi connectivity index (χ2n) is 6.92. The third-order valence-corrected chi connectivity index (χ3v) is 4.91. The van der Waals surface area contributed by atoms with Crippen LogP contribution in [0.5, 0.6) is 11.5 Å². The lowest BCUT2D eigenvalue weighted by atomic mass is 9.91. The Bertz CT molecular complexity index is 907. The number of hydrogen-bond donors (Lipinski definition) is 1. The summed E-state index contributed by atoms with van der Waals surface area (Å²) in [4.78, 5) is 11.9. The summed E-state index contributed by atoms with van der Waals surface area (Å²) in [6.07, 6.45) is 2.17. The predicted octanol–water partition coefficient (Wildman–Crippen LogP) is 5.12. The molecule has 1 unspecified atom stereocenters. The van der Waals surface area contributed by atoms with Crippen LogP contribution in [0, 0.1) is 0 Å². The van der Waals surface area contributed by atoms with Gasteiger partial charge < -0.3 is 14.6 Å². The van der Waals surface area contributed by atoms with E-state index in [1.165, 1.54) is 5.56 Å². The van der Waals surface area contributed by atoms with Gasteiger partial charge in [0.25, 0.3) is 0 Å². The maximum Gasteiger partial charge on any atom is 0.311 e. The van der Waals surface area contributed by atoms with E-state index in [-0.39, 0.29) is 0 Å². The molecule has 0 saturated heterocycles. The highest BCUT2D eigenvalue weighted by Crippen LogP contribution is 2.30. The third-order valence-electron chi connectivity index (χ3n) is 4.91. The van der Waals surface area contributed by atoms with E-state index in [1.807, 2.05) is 66.7 Å². The second kappa shape index (κ2) is 10.3. The quantitative estimate of drug-likeness (QED) is 0.488. The number of rotatable bonds is 10. The number of carbonyl (C=O) groups is 1. The lowest BCUT2D eigenvalue weighted by Crippen LogP contribution is -2.15. The zero-order chi connectivity index (χ0) is 20.5. The Morgan fingerprint density at radius 3 is 2.31 bits per heavy atom. The van der Waals surface area contributed by atoms with E-state index in [9.17, 15) is 9.90 Å². The van der Waals surface area contributed by atoms with E-state index in [2.05, 4.69) is 12.1 Å². The van der Waals surface area contributed by atoms with Crippen LogP contribution in [-0.2, 0) is 17.6 Å². The van der Waals surface area contributed by atoms with Crippen molar-refractivity contribution in [3.05, 3.63) is 95.6 Å². The average Bonchev–Trinajstić information content (AvgIpc) is 2.76. The Hall–Kier alpha value is -3.27. The van der Waals surface area contributed by atoms with E-state index in [0.29, 0.717) is 24.5 Å². The molecule has 0 aliphatic carbocycles. The number of methoxy groups -OCH3 is 1. The third kappa shape index (κ3) is 5.85. The molecule has 0 saturated carbocycles. The molecule has 4 nitrogen and oxygen atoms in total. The van der Waals surface area contributed by atoms with E-state index in [0.717, 1.165) is 24.0 Å². The molecule has 0 fully saturated rings. The molecule has 29 heavy (non-hydrogen) atoms. The lowest BCUT2D eigenvalue weighted by Gasteiger charge is -2.17. The maximum absolute atomic E-state index is 11.9. The van der Waals surface area contributed by atoms with Crippen molar-refractivity contribution < 1.29 is 19.4 Å². The summed E-state index contributed by atoms with van der Waals surface area (Å²) >= 11 is 0. The van der Waals surface area contributed by atoms with Gasteiger partial charge in [0.05, 0.1) is 19.6 Å². The summed E-state index contributed by atoms with van der Waals surface area (Å²) < 4.78 is 11.4. The van der Waals surface area contributed by atoms with Gasteiger partial charge in [0.15, 0.2) is 0 Å². The number of benzene rings is 3. The molecular formula is C25H26O4. The monoisotopic (exact) mass is 390 g/mol. The smallest absolute Gasteiger partial charge is 0.311 e. The first kappa shape index (κ1) is 20.5. The molecule has 0 bridgehead atoms. The molecule has 0 radical (unpaired) electrons. The molecule has 0 aliphatic rings. The molecule has 0 heterocycles. The van der Waals surface area contributed by atoms with Crippen LogP contribution in [0.4, 0.5) is 0 Å². The summed E-state index contributed by atoms with van der Waals surface area (Å²) in [5.41, 5.74) is 2.92. The van der Waals surface area contributed by atoms with E-state index >= 15 is 0 Å². The fraction of sp³-hybridized carbons (Fsp3) is 0.240. The van der Waals surface area contributed by atoms with Crippen molar-refractivity contribution in [2.24, 2.45) is 0 Å². The van der Waals surface area contributed by atoms with Crippen molar-refractivity contribution in [3.8, 4) is 11.5 Å². The predicted molar refractivity (Wildman–Crippen MR) is 114 cm³/mol. The molecule has 0 aliphatic heterocycles. The molecule has 4 heteroatoms. The zero-order valence-corrected chi connectivity index (χ0v) is 16.6. The van der Waals surface area contributed by atoms with E-state index < -0.39 is 11.9 Å². The van der Waals surface area contributed by atoms with Crippen LogP contribution in [0.3, 0.4) is 0 Å². The number of aliphatic carboxylic acids is 1. The first-order valence-electron chi connectivity index (χ1n) is 9.79. The first-order valence-corrected chi connectivity index (χ1v) is 9.79. The van der Waals surface area contributed by atoms with Crippen LogP contribution in [0.15, 0.2) is 78.9 Å². The van der Waals surface area contributed by atoms with Gasteiger partial charge in [-0.3, -0.25) is 4.79 Å². The van der Waals surface area contributed by atoms with Gasteiger partial charge >= 0.3 is 5.97 Å². The Kier molecular flexibility index (Phi) is 7.28. The van der Waals surface area contributed by atoms with Gasteiger partial charge in [0, 0.05) is 6.07 Å². The topological polar surface area (TPSA) is 55.8 Å². The Labute approximate surface area is 171 Å². The maximum atomic E-state index is 11.9. The summed E-state index contributed by atoms with van der Waals surface area (Å²) in [6.45, 7) is 0.554. The van der Waals surface area contributed by atoms with Crippen LogP contribution >= 0.6 is 0 Å². The van der Waals surface area contributed by atoms with Gasteiger partial charge in [-0.25, -0.2) is 0 Å². The van der Waals surface area contributed by atoms with Gasteiger partial charge in [0.2, 0.25) is 0 Å². The Morgan fingerprint density at radius 1 is 0.966 bits per heavy atom. The highest BCUT2D eigenvalue weighted by Gasteiger charge is 2.22. The fourth-order valence-corrected chi connectivity index (χ4v) is 3.32. The van der Waals surface area contributed by atoms with Crippen LogP contribution in [0.25, 0.3) is 0 Å². The summed E-state index contributed by atoms with van der Waals surface area (Å²) in [7, 11) is 1.61. The molecule has 0 spiro atoms. The summed E-state index contributed by atoms with van der Waals surface area (Å²) in [5, 5.41) is 9.75. The number of aryl methyl sites for hydroxylation is 1. The van der Waals surface area contributed by atoms with Gasteiger partial charge in [-0.2, -0.15) is 0 Å². The fourth-order valence-electron chi connectivity index (χ4n) is 3.32. The van der Waals surface area contributed by atoms with Gasteiger partial charge in [-0.1, -0.05) is 66.7 Å². The van der Waals surface area contributed by atoms with Crippen molar-refractivity contribution in [1.82, 2.24) is 0 Å². The number of carboxylic acid groups (broad SMARTS) is 1. The van der Waals surface area contributed by atoms with E-state index in [1.54, 1.807) is 7.11 Å². The van der Waals surface area contributed by atoms with Crippen LogP contribution in [-0.4, -0.2) is 24.8 Å². The number of carboxylic acids is 1. The van der Waals surface area contributed by atoms with Crippen molar-refractivity contribution in [2.75, 3.05) is 13.7 Å². The molecule has 0 amide bonds. The minimum absolute atomic E-state index is 0.358. The van der Waals surface area contributed by atoms with Crippen LogP contribution < -0.4 is 9.47 Å². The Balaban J connectivity index is 1.71. The minimum atomic E-state index is -0.845. The Morgan fingerprint density at radius 2 is 1.66 bits per heavy atom.